The van der Waals surface area contributed by atoms with Crippen molar-refractivity contribution < 1.29 is 0 Å². The molecule has 4 aromatic rings. The Kier molecular flexibility index (Phi) is 3.57. The van der Waals surface area contributed by atoms with E-state index in [4.69, 9.17) is 0 Å². The standard InChI is InChI=1S/C15H11N5S2/c1-3-11(9-16-7-1)10-22-14-6-5-13-17-18-15(20(13)19-14)12-4-2-8-21-12/h1-9H,10H2. The van der Waals surface area contributed by atoms with E-state index in [1.807, 2.05) is 41.9 Å². The van der Waals surface area contributed by atoms with Crippen molar-refractivity contribution in [3.63, 3.8) is 0 Å². The largest absolute Gasteiger partial charge is 0.264 e. The van der Waals surface area contributed by atoms with Crippen LogP contribution in [0.3, 0.4) is 0 Å². The van der Waals surface area contributed by atoms with Gasteiger partial charge in [0.05, 0.1) is 4.88 Å². The summed E-state index contributed by atoms with van der Waals surface area (Å²) in [5, 5.41) is 16.0. The Bertz CT molecular complexity index is 887. The lowest BCUT2D eigenvalue weighted by Crippen LogP contribution is -1.95. The molecule has 0 amide bonds. The Balaban J connectivity index is 1.64. The molecule has 7 heteroatoms. The quantitative estimate of drug-likeness (QED) is 0.537. The maximum absolute atomic E-state index is 4.65. The molecule has 0 radical (unpaired) electrons. The molecular formula is C15H11N5S2. The summed E-state index contributed by atoms with van der Waals surface area (Å²) < 4.78 is 1.80. The summed E-state index contributed by atoms with van der Waals surface area (Å²) in [6.07, 6.45) is 3.66. The Morgan fingerprint density at radius 3 is 2.91 bits per heavy atom. The maximum atomic E-state index is 4.65. The van der Waals surface area contributed by atoms with Gasteiger partial charge in [-0.05, 0) is 35.2 Å². The lowest BCUT2D eigenvalue weighted by molar-refractivity contribution is 0.862. The van der Waals surface area contributed by atoms with E-state index in [9.17, 15) is 0 Å². The van der Waals surface area contributed by atoms with Crippen LogP contribution >= 0.6 is 23.1 Å². The zero-order valence-electron chi connectivity index (χ0n) is 11.5. The molecule has 0 aliphatic rings. The molecule has 0 bridgehead atoms. The fraction of sp³-hybridized carbons (Fsp3) is 0.0667. The van der Waals surface area contributed by atoms with Crippen molar-refractivity contribution in [1.82, 2.24) is 24.8 Å². The maximum Gasteiger partial charge on any atom is 0.195 e. The molecule has 4 aromatic heterocycles. The zero-order valence-corrected chi connectivity index (χ0v) is 13.1. The molecular weight excluding hydrogens is 314 g/mol. The van der Waals surface area contributed by atoms with Gasteiger partial charge in [-0.15, -0.1) is 21.5 Å². The molecule has 4 rings (SSSR count). The van der Waals surface area contributed by atoms with Gasteiger partial charge in [-0.1, -0.05) is 23.9 Å². The van der Waals surface area contributed by atoms with Crippen molar-refractivity contribution in [3.05, 3.63) is 59.7 Å². The summed E-state index contributed by atoms with van der Waals surface area (Å²) in [6, 6.07) is 12.0. The van der Waals surface area contributed by atoms with Gasteiger partial charge in [0, 0.05) is 18.1 Å². The van der Waals surface area contributed by atoms with Crippen molar-refractivity contribution in [2.24, 2.45) is 0 Å². The topological polar surface area (TPSA) is 56.0 Å². The van der Waals surface area contributed by atoms with Crippen LogP contribution in [-0.2, 0) is 5.75 Å². The second-order valence-electron chi connectivity index (χ2n) is 4.59. The van der Waals surface area contributed by atoms with E-state index in [1.165, 1.54) is 5.56 Å². The highest BCUT2D eigenvalue weighted by molar-refractivity contribution is 7.98. The van der Waals surface area contributed by atoms with Crippen LogP contribution in [0.15, 0.2) is 59.2 Å². The monoisotopic (exact) mass is 325 g/mol. The summed E-state index contributed by atoms with van der Waals surface area (Å²) in [6.45, 7) is 0. The third-order valence-corrected chi connectivity index (χ3v) is 4.95. The highest BCUT2D eigenvalue weighted by atomic mass is 32.2. The van der Waals surface area contributed by atoms with Crippen LogP contribution in [0.2, 0.25) is 0 Å². The summed E-state index contributed by atoms with van der Waals surface area (Å²) in [5.41, 5.74) is 1.94. The van der Waals surface area contributed by atoms with Crippen LogP contribution in [0.5, 0.6) is 0 Å². The van der Waals surface area contributed by atoms with Crippen LogP contribution in [0, 0.1) is 0 Å². The molecule has 0 fully saturated rings. The molecule has 0 saturated heterocycles. The molecule has 0 unspecified atom stereocenters. The van der Waals surface area contributed by atoms with Gasteiger partial charge in [0.1, 0.15) is 5.03 Å². The van der Waals surface area contributed by atoms with Crippen LogP contribution in [-0.4, -0.2) is 24.8 Å². The fourth-order valence-corrected chi connectivity index (χ4v) is 3.53. The van der Waals surface area contributed by atoms with Crippen molar-refractivity contribution >= 4 is 28.7 Å². The Morgan fingerprint density at radius 2 is 2.09 bits per heavy atom. The Morgan fingerprint density at radius 1 is 1.09 bits per heavy atom. The van der Waals surface area contributed by atoms with Crippen molar-refractivity contribution in [2.45, 2.75) is 10.8 Å². The number of hydrogen-bond acceptors (Lipinski definition) is 6. The van der Waals surface area contributed by atoms with E-state index in [-0.39, 0.29) is 0 Å². The molecule has 0 atom stereocenters. The number of rotatable bonds is 4. The molecule has 0 N–H and O–H groups in total. The van der Waals surface area contributed by atoms with Gasteiger partial charge in [0.2, 0.25) is 0 Å². The summed E-state index contributed by atoms with van der Waals surface area (Å²) in [5.74, 6) is 1.62. The Hall–Kier alpha value is -2.25. The number of hydrogen-bond donors (Lipinski definition) is 0. The number of pyridine rings is 1. The number of aromatic nitrogens is 5. The highest BCUT2D eigenvalue weighted by Crippen LogP contribution is 2.25. The number of fused-ring (bicyclic) bond motifs is 1. The minimum Gasteiger partial charge on any atom is -0.264 e. The predicted molar refractivity (Wildman–Crippen MR) is 87.9 cm³/mol. The number of thioether (sulfide) groups is 1. The number of thiophene rings is 1. The number of nitrogens with zero attached hydrogens (tertiary/aromatic N) is 5. The first-order chi connectivity index (χ1) is 10.9. The second kappa shape index (κ2) is 5.86. The van der Waals surface area contributed by atoms with Gasteiger partial charge < -0.3 is 0 Å². The normalized spacial score (nSPS) is 11.1. The van der Waals surface area contributed by atoms with Crippen LogP contribution in [0.4, 0.5) is 0 Å². The zero-order chi connectivity index (χ0) is 14.8. The molecule has 22 heavy (non-hydrogen) atoms. The van der Waals surface area contributed by atoms with Crippen LogP contribution in [0.25, 0.3) is 16.3 Å². The molecule has 0 spiro atoms. The lowest BCUT2D eigenvalue weighted by Gasteiger charge is -2.02. The molecule has 108 valence electrons. The molecule has 0 saturated carbocycles. The van der Waals surface area contributed by atoms with E-state index in [0.29, 0.717) is 0 Å². The fourth-order valence-electron chi connectivity index (χ4n) is 2.05. The summed E-state index contributed by atoms with van der Waals surface area (Å²) >= 11 is 3.31. The molecule has 5 nitrogen and oxygen atoms in total. The van der Waals surface area contributed by atoms with E-state index < -0.39 is 0 Å². The third-order valence-electron chi connectivity index (χ3n) is 3.09. The van der Waals surface area contributed by atoms with E-state index in [1.54, 1.807) is 33.8 Å². The van der Waals surface area contributed by atoms with Crippen molar-refractivity contribution in [1.29, 1.82) is 0 Å². The van der Waals surface area contributed by atoms with Gasteiger partial charge in [-0.2, -0.15) is 9.61 Å². The highest BCUT2D eigenvalue weighted by Gasteiger charge is 2.10. The van der Waals surface area contributed by atoms with Gasteiger partial charge in [-0.3, -0.25) is 4.98 Å². The third kappa shape index (κ3) is 2.60. The molecule has 0 aliphatic heterocycles. The SMILES string of the molecule is c1cncc(CSc2ccc3nnc(-c4cccs4)n3n2)c1. The van der Waals surface area contributed by atoms with E-state index in [2.05, 4.69) is 26.3 Å². The van der Waals surface area contributed by atoms with Gasteiger partial charge in [-0.25, -0.2) is 0 Å². The lowest BCUT2D eigenvalue weighted by atomic mass is 10.3. The summed E-state index contributed by atoms with van der Waals surface area (Å²) in [4.78, 5) is 5.19. The summed E-state index contributed by atoms with van der Waals surface area (Å²) in [7, 11) is 0. The first-order valence-electron chi connectivity index (χ1n) is 6.68. The minimum absolute atomic E-state index is 0.758. The van der Waals surface area contributed by atoms with E-state index >= 15 is 0 Å². The molecule has 0 aliphatic carbocycles. The molecule has 4 heterocycles. The molecule has 0 aromatic carbocycles. The smallest absolute Gasteiger partial charge is 0.195 e. The average molecular weight is 325 g/mol. The van der Waals surface area contributed by atoms with Gasteiger partial charge in [0.25, 0.3) is 0 Å². The predicted octanol–water partition coefficient (Wildman–Crippen LogP) is 3.54. The first-order valence-corrected chi connectivity index (χ1v) is 8.55. The van der Waals surface area contributed by atoms with Gasteiger partial charge in [0.15, 0.2) is 11.5 Å². The Labute approximate surface area is 135 Å². The van der Waals surface area contributed by atoms with Crippen LogP contribution < -0.4 is 0 Å². The van der Waals surface area contributed by atoms with Crippen molar-refractivity contribution in [2.75, 3.05) is 0 Å². The average Bonchev–Trinajstić information content (AvgIpc) is 3.22. The van der Waals surface area contributed by atoms with Crippen molar-refractivity contribution in [3.8, 4) is 10.7 Å². The second-order valence-corrected chi connectivity index (χ2v) is 6.54. The van der Waals surface area contributed by atoms with Crippen LogP contribution in [0.1, 0.15) is 5.56 Å². The van der Waals surface area contributed by atoms with Gasteiger partial charge >= 0.3 is 0 Å². The first kappa shape index (κ1) is 13.4. The minimum atomic E-state index is 0.758. The van der Waals surface area contributed by atoms with E-state index in [0.717, 1.165) is 27.1 Å².